The maximum absolute atomic E-state index is 13.3. The van der Waals surface area contributed by atoms with E-state index in [1.165, 1.54) is 23.4 Å². The van der Waals surface area contributed by atoms with Crippen molar-refractivity contribution in [1.82, 2.24) is 28.5 Å². The summed E-state index contributed by atoms with van der Waals surface area (Å²) in [4.78, 5) is 43.1. The zero-order valence-electron chi connectivity index (χ0n) is 21.5. The maximum Gasteiger partial charge on any atom is 0.358 e. The van der Waals surface area contributed by atoms with Crippen LogP contribution in [0.3, 0.4) is 0 Å². The molecule has 0 aliphatic heterocycles. The highest BCUT2D eigenvalue weighted by atomic mass is 16.5. The van der Waals surface area contributed by atoms with Gasteiger partial charge in [-0.1, -0.05) is 72.3 Å². The van der Waals surface area contributed by atoms with Crippen molar-refractivity contribution >= 4 is 23.2 Å². The molecule has 38 heavy (non-hydrogen) atoms. The SMILES string of the molecule is COC(=O)c1cc(-c2ccc(C)cc2)n(-c2nc3c(c(=O)n(C)c(=O)n3C)n2C/C=C/c2ccccc2)n1. The van der Waals surface area contributed by atoms with Gasteiger partial charge < -0.3 is 4.74 Å². The van der Waals surface area contributed by atoms with Gasteiger partial charge in [0.05, 0.1) is 12.8 Å². The number of fused-ring (bicyclic) bond motifs is 1. The van der Waals surface area contributed by atoms with Crippen LogP contribution < -0.4 is 11.2 Å². The zero-order valence-corrected chi connectivity index (χ0v) is 21.5. The molecule has 0 N–H and O–H groups in total. The highest BCUT2D eigenvalue weighted by Gasteiger charge is 2.24. The van der Waals surface area contributed by atoms with Crippen LogP contribution in [-0.4, -0.2) is 41.5 Å². The third kappa shape index (κ3) is 4.26. The monoisotopic (exact) mass is 510 g/mol. The summed E-state index contributed by atoms with van der Waals surface area (Å²) < 4.78 is 10.5. The Balaban J connectivity index is 1.78. The fraction of sp³-hybridized carbons (Fsp3) is 0.179. The predicted octanol–water partition coefficient (Wildman–Crippen LogP) is 3.09. The van der Waals surface area contributed by atoms with E-state index in [2.05, 4.69) is 5.10 Å². The molecule has 0 aliphatic rings. The van der Waals surface area contributed by atoms with Crippen LogP contribution in [0, 0.1) is 6.92 Å². The number of methoxy groups -OCH3 is 1. The van der Waals surface area contributed by atoms with Gasteiger partial charge in [-0.3, -0.25) is 18.5 Å². The van der Waals surface area contributed by atoms with E-state index >= 15 is 0 Å². The van der Waals surface area contributed by atoms with Crippen molar-refractivity contribution < 1.29 is 9.53 Å². The maximum atomic E-state index is 13.3. The molecule has 0 unspecified atom stereocenters. The first kappa shape index (κ1) is 24.7. The van der Waals surface area contributed by atoms with Gasteiger partial charge in [0.2, 0.25) is 5.95 Å². The van der Waals surface area contributed by atoms with E-state index in [0.29, 0.717) is 5.69 Å². The van der Waals surface area contributed by atoms with Crippen molar-refractivity contribution in [3.8, 4) is 17.2 Å². The summed E-state index contributed by atoms with van der Waals surface area (Å²) in [5, 5.41) is 4.51. The van der Waals surface area contributed by atoms with Crippen molar-refractivity contribution in [2.24, 2.45) is 14.1 Å². The number of ether oxygens (including phenoxy) is 1. The molecule has 0 spiro atoms. The predicted molar refractivity (Wildman–Crippen MR) is 144 cm³/mol. The van der Waals surface area contributed by atoms with Crippen LogP contribution in [0.15, 0.2) is 76.3 Å². The Hall–Kier alpha value is -4.99. The van der Waals surface area contributed by atoms with E-state index < -0.39 is 17.2 Å². The Morgan fingerprint density at radius 3 is 2.39 bits per heavy atom. The van der Waals surface area contributed by atoms with Crippen LogP contribution in [0.2, 0.25) is 0 Å². The number of aryl methyl sites for hydroxylation is 2. The quantitative estimate of drug-likeness (QED) is 0.325. The summed E-state index contributed by atoms with van der Waals surface area (Å²) in [5.74, 6) is -0.325. The van der Waals surface area contributed by atoms with E-state index in [1.54, 1.807) is 17.7 Å². The number of esters is 1. The van der Waals surface area contributed by atoms with Gasteiger partial charge >= 0.3 is 11.7 Å². The van der Waals surface area contributed by atoms with E-state index in [4.69, 9.17) is 9.72 Å². The minimum absolute atomic E-state index is 0.0864. The lowest BCUT2D eigenvalue weighted by atomic mass is 10.1. The molecule has 0 saturated heterocycles. The molecule has 5 aromatic rings. The molecule has 5 rings (SSSR count). The molecule has 3 heterocycles. The Bertz CT molecular complexity index is 1800. The van der Waals surface area contributed by atoms with Gasteiger partial charge in [0, 0.05) is 26.2 Å². The van der Waals surface area contributed by atoms with Crippen molar-refractivity contribution in [2.75, 3.05) is 7.11 Å². The second-order valence-electron chi connectivity index (χ2n) is 8.90. The summed E-state index contributed by atoms with van der Waals surface area (Å²) in [6.07, 6.45) is 3.84. The standard InChI is InChI=1S/C28H26N6O4/c1-18-12-14-20(15-13-18)22-17-21(26(36)38-4)30-34(22)27-29-24-23(25(35)32(3)28(37)31(24)2)33(27)16-8-11-19-9-6-5-7-10-19/h5-15,17H,16H2,1-4H3/b11-8+. The van der Waals surface area contributed by atoms with Gasteiger partial charge in [0.25, 0.3) is 5.56 Å². The highest BCUT2D eigenvalue weighted by Crippen LogP contribution is 2.26. The molecule has 3 aromatic heterocycles. The van der Waals surface area contributed by atoms with E-state index in [0.717, 1.165) is 21.3 Å². The minimum Gasteiger partial charge on any atom is -0.464 e. The minimum atomic E-state index is -0.605. The molecule has 192 valence electrons. The number of hydrogen-bond acceptors (Lipinski definition) is 6. The Labute approximate surface area is 217 Å². The summed E-state index contributed by atoms with van der Waals surface area (Å²) in [6, 6.07) is 19.1. The first-order valence-corrected chi connectivity index (χ1v) is 11.9. The van der Waals surface area contributed by atoms with Crippen LogP contribution in [0.1, 0.15) is 21.6 Å². The number of carbonyl (C=O) groups is 1. The lowest BCUT2D eigenvalue weighted by Crippen LogP contribution is -2.37. The number of imidazole rings is 1. The molecule has 10 heteroatoms. The molecule has 0 aliphatic carbocycles. The van der Waals surface area contributed by atoms with E-state index in [1.807, 2.05) is 73.7 Å². The summed E-state index contributed by atoms with van der Waals surface area (Å²) >= 11 is 0. The average Bonchev–Trinajstić information content (AvgIpc) is 3.54. The Kier molecular flexibility index (Phi) is 6.38. The second-order valence-corrected chi connectivity index (χ2v) is 8.90. The van der Waals surface area contributed by atoms with Gasteiger partial charge in [-0.2, -0.15) is 14.8 Å². The molecule has 0 fully saturated rings. The molecule has 0 amide bonds. The number of benzene rings is 2. The van der Waals surface area contributed by atoms with E-state index in [9.17, 15) is 14.4 Å². The fourth-order valence-electron chi connectivity index (χ4n) is 4.30. The summed E-state index contributed by atoms with van der Waals surface area (Å²) in [5.41, 5.74) is 3.01. The summed E-state index contributed by atoms with van der Waals surface area (Å²) in [7, 11) is 4.28. The zero-order chi connectivity index (χ0) is 27.0. The number of carbonyl (C=O) groups excluding carboxylic acids is 1. The molecule has 2 aromatic carbocycles. The Morgan fingerprint density at radius 2 is 1.71 bits per heavy atom. The molecule has 10 nitrogen and oxygen atoms in total. The van der Waals surface area contributed by atoms with Crippen LogP contribution in [0.25, 0.3) is 34.4 Å². The lowest BCUT2D eigenvalue weighted by molar-refractivity contribution is 0.0593. The van der Waals surface area contributed by atoms with Gasteiger partial charge in [-0.15, -0.1) is 0 Å². The third-order valence-electron chi connectivity index (χ3n) is 6.37. The molecule has 0 atom stereocenters. The van der Waals surface area contributed by atoms with Crippen LogP contribution >= 0.6 is 0 Å². The van der Waals surface area contributed by atoms with Gasteiger partial charge in [0.1, 0.15) is 0 Å². The van der Waals surface area contributed by atoms with Crippen LogP contribution in [0.4, 0.5) is 0 Å². The largest absolute Gasteiger partial charge is 0.464 e. The average molecular weight is 511 g/mol. The lowest BCUT2D eigenvalue weighted by Gasteiger charge is -2.10. The Morgan fingerprint density at radius 1 is 1.00 bits per heavy atom. The highest BCUT2D eigenvalue weighted by molar-refractivity contribution is 5.89. The van der Waals surface area contributed by atoms with Crippen LogP contribution in [-0.2, 0) is 25.4 Å². The summed E-state index contributed by atoms with van der Waals surface area (Å²) in [6.45, 7) is 2.24. The molecule has 0 saturated carbocycles. The molecular formula is C28H26N6O4. The van der Waals surface area contributed by atoms with Crippen molar-refractivity contribution in [3.05, 3.63) is 104 Å². The van der Waals surface area contributed by atoms with Crippen molar-refractivity contribution in [2.45, 2.75) is 13.5 Å². The van der Waals surface area contributed by atoms with Crippen LogP contribution in [0.5, 0.6) is 0 Å². The second kappa shape index (κ2) is 9.81. The van der Waals surface area contributed by atoms with Gasteiger partial charge in [-0.25, -0.2) is 9.59 Å². The third-order valence-corrected chi connectivity index (χ3v) is 6.37. The van der Waals surface area contributed by atoms with Crippen molar-refractivity contribution in [3.63, 3.8) is 0 Å². The van der Waals surface area contributed by atoms with E-state index in [-0.39, 0.29) is 29.4 Å². The molecule has 0 radical (unpaired) electrons. The smallest absolute Gasteiger partial charge is 0.358 e. The number of hydrogen-bond donors (Lipinski definition) is 0. The van der Waals surface area contributed by atoms with Gasteiger partial charge in [-0.05, 0) is 18.6 Å². The number of nitrogens with zero attached hydrogens (tertiary/aromatic N) is 6. The number of allylic oxidation sites excluding steroid dienone is 1. The van der Waals surface area contributed by atoms with Crippen molar-refractivity contribution in [1.29, 1.82) is 0 Å². The molecular weight excluding hydrogens is 484 g/mol. The number of rotatable bonds is 6. The first-order chi connectivity index (χ1) is 18.3. The van der Waals surface area contributed by atoms with Gasteiger partial charge in [0.15, 0.2) is 16.9 Å². The number of aromatic nitrogens is 6. The topological polar surface area (TPSA) is 106 Å². The fourth-order valence-corrected chi connectivity index (χ4v) is 4.30. The normalized spacial score (nSPS) is 11.5. The molecule has 0 bridgehead atoms. The first-order valence-electron chi connectivity index (χ1n) is 11.9.